The lowest BCUT2D eigenvalue weighted by Crippen LogP contribution is -2.07. The lowest BCUT2D eigenvalue weighted by molar-refractivity contribution is 0.0467. The number of nitrogens with zero attached hydrogens (tertiary/aromatic N) is 1. The van der Waals surface area contributed by atoms with E-state index < -0.39 is 11.9 Å². The number of benzene rings is 3. The molecule has 0 saturated carbocycles. The first-order valence-electron chi connectivity index (χ1n) is 8.72. The van der Waals surface area contributed by atoms with Crippen molar-refractivity contribution >= 4 is 23.7 Å². The van der Waals surface area contributed by atoms with Crippen LogP contribution < -0.4 is 0 Å². The normalized spacial score (nSPS) is 10.1. The molecule has 0 N–H and O–H groups in total. The van der Waals surface area contributed by atoms with E-state index in [-0.39, 0.29) is 6.61 Å². The zero-order valence-electron chi connectivity index (χ0n) is 15.6. The van der Waals surface area contributed by atoms with Crippen LogP contribution in [0.4, 0.5) is 0 Å². The van der Waals surface area contributed by atoms with Crippen molar-refractivity contribution in [1.29, 1.82) is 5.26 Å². The number of methoxy groups -OCH3 is 1. The first-order valence-corrected chi connectivity index (χ1v) is 9.54. The lowest BCUT2D eigenvalue weighted by atomic mass is 10.1. The molecule has 6 heteroatoms. The van der Waals surface area contributed by atoms with E-state index in [2.05, 4.69) is 10.8 Å². The fraction of sp³-hybridized carbons (Fsp3) is 0.0870. The molecule has 0 fully saturated rings. The van der Waals surface area contributed by atoms with Crippen LogP contribution in [0.3, 0.4) is 0 Å². The largest absolute Gasteiger partial charge is 0.465 e. The monoisotopic (exact) mass is 403 g/mol. The SMILES string of the molecule is COC(=O)c1ccc(COC(=O)c2ccccc2Sc2ccccc2C#N)cc1. The predicted molar refractivity (Wildman–Crippen MR) is 109 cm³/mol. The van der Waals surface area contributed by atoms with Gasteiger partial charge in [-0.05, 0) is 42.0 Å². The molecule has 0 spiro atoms. The van der Waals surface area contributed by atoms with Crippen LogP contribution in [-0.4, -0.2) is 19.0 Å². The zero-order chi connectivity index (χ0) is 20.6. The van der Waals surface area contributed by atoms with Crippen molar-refractivity contribution in [1.82, 2.24) is 0 Å². The second kappa shape index (κ2) is 9.58. The minimum atomic E-state index is -0.459. The van der Waals surface area contributed by atoms with Crippen LogP contribution in [0, 0.1) is 11.3 Å². The van der Waals surface area contributed by atoms with Crippen LogP contribution in [0.1, 0.15) is 31.8 Å². The number of esters is 2. The molecule has 3 aromatic rings. The molecule has 3 rings (SSSR count). The fourth-order valence-corrected chi connectivity index (χ4v) is 3.59. The third-order valence-corrected chi connectivity index (χ3v) is 5.23. The Hall–Kier alpha value is -3.56. The minimum Gasteiger partial charge on any atom is -0.465 e. The molecule has 0 amide bonds. The van der Waals surface area contributed by atoms with Gasteiger partial charge in [0.25, 0.3) is 0 Å². The number of carbonyl (C=O) groups excluding carboxylic acids is 2. The molecule has 0 aliphatic carbocycles. The molecule has 5 nitrogen and oxygen atoms in total. The van der Waals surface area contributed by atoms with E-state index in [9.17, 15) is 14.9 Å². The molecule has 0 heterocycles. The number of hydrogen-bond acceptors (Lipinski definition) is 6. The topological polar surface area (TPSA) is 76.4 Å². The number of carbonyl (C=O) groups is 2. The fourth-order valence-electron chi connectivity index (χ4n) is 2.57. The Morgan fingerprint density at radius 3 is 2.24 bits per heavy atom. The Kier molecular flexibility index (Phi) is 6.67. The molecular weight excluding hydrogens is 386 g/mol. The van der Waals surface area contributed by atoms with Crippen molar-refractivity contribution in [3.63, 3.8) is 0 Å². The third-order valence-electron chi connectivity index (χ3n) is 4.08. The average Bonchev–Trinajstić information content (AvgIpc) is 2.78. The van der Waals surface area contributed by atoms with E-state index in [1.165, 1.54) is 18.9 Å². The Morgan fingerprint density at radius 1 is 0.897 bits per heavy atom. The van der Waals surface area contributed by atoms with E-state index in [0.29, 0.717) is 21.6 Å². The molecule has 0 aromatic heterocycles. The minimum absolute atomic E-state index is 0.0774. The van der Waals surface area contributed by atoms with Gasteiger partial charge in [0.05, 0.1) is 23.8 Å². The quantitative estimate of drug-likeness (QED) is 0.548. The van der Waals surface area contributed by atoms with Crippen LogP contribution in [0.25, 0.3) is 0 Å². The zero-order valence-corrected chi connectivity index (χ0v) is 16.4. The standard InChI is InChI=1S/C23H17NO4S/c1-27-22(25)17-12-10-16(11-13-17)15-28-23(26)19-7-3-5-9-21(19)29-20-8-4-2-6-18(20)14-24/h2-13H,15H2,1H3. The molecule has 0 bridgehead atoms. The van der Waals surface area contributed by atoms with Crippen LogP contribution in [-0.2, 0) is 16.1 Å². The van der Waals surface area contributed by atoms with Gasteiger partial charge in [-0.15, -0.1) is 0 Å². The van der Waals surface area contributed by atoms with Gasteiger partial charge >= 0.3 is 11.9 Å². The molecule has 0 atom stereocenters. The van der Waals surface area contributed by atoms with E-state index in [1.807, 2.05) is 24.3 Å². The highest BCUT2D eigenvalue weighted by Gasteiger charge is 2.15. The van der Waals surface area contributed by atoms with Crippen molar-refractivity contribution in [3.8, 4) is 6.07 Å². The van der Waals surface area contributed by atoms with E-state index in [1.54, 1.807) is 48.5 Å². The van der Waals surface area contributed by atoms with Crippen molar-refractivity contribution in [2.24, 2.45) is 0 Å². The summed E-state index contributed by atoms with van der Waals surface area (Å²) in [5.41, 5.74) is 2.16. The summed E-state index contributed by atoms with van der Waals surface area (Å²) in [6.45, 7) is 0.0774. The summed E-state index contributed by atoms with van der Waals surface area (Å²) in [6, 6.07) is 23.2. The summed E-state index contributed by atoms with van der Waals surface area (Å²) in [6.07, 6.45) is 0. The molecule has 144 valence electrons. The summed E-state index contributed by atoms with van der Waals surface area (Å²) in [7, 11) is 1.32. The maximum absolute atomic E-state index is 12.6. The average molecular weight is 403 g/mol. The van der Waals surface area contributed by atoms with E-state index in [0.717, 1.165) is 10.5 Å². The highest BCUT2D eigenvalue weighted by molar-refractivity contribution is 7.99. The number of hydrogen-bond donors (Lipinski definition) is 0. The molecular formula is C23H17NO4S. The van der Waals surface area contributed by atoms with Gasteiger partial charge in [0, 0.05) is 9.79 Å². The van der Waals surface area contributed by atoms with Gasteiger partial charge in [0.1, 0.15) is 12.7 Å². The molecule has 3 aromatic carbocycles. The van der Waals surface area contributed by atoms with Gasteiger partial charge in [-0.3, -0.25) is 0 Å². The summed E-state index contributed by atoms with van der Waals surface area (Å²) in [4.78, 5) is 25.6. The highest BCUT2D eigenvalue weighted by Crippen LogP contribution is 2.33. The van der Waals surface area contributed by atoms with Crippen molar-refractivity contribution in [3.05, 3.63) is 95.1 Å². The first kappa shape index (κ1) is 20.2. The van der Waals surface area contributed by atoms with Gasteiger partial charge < -0.3 is 9.47 Å². The second-order valence-corrected chi connectivity index (χ2v) is 7.05. The first-order chi connectivity index (χ1) is 14.1. The Bertz CT molecular complexity index is 1070. The van der Waals surface area contributed by atoms with Gasteiger partial charge in [-0.25, -0.2) is 9.59 Å². The smallest absolute Gasteiger partial charge is 0.339 e. The number of nitriles is 1. The number of rotatable bonds is 6. The molecule has 0 unspecified atom stereocenters. The number of ether oxygens (including phenoxy) is 2. The maximum Gasteiger partial charge on any atom is 0.339 e. The third kappa shape index (κ3) is 5.03. The van der Waals surface area contributed by atoms with Crippen molar-refractivity contribution in [2.75, 3.05) is 7.11 Å². The summed E-state index contributed by atoms with van der Waals surface area (Å²) in [5.74, 6) is -0.878. The van der Waals surface area contributed by atoms with Crippen molar-refractivity contribution < 1.29 is 19.1 Å². The highest BCUT2D eigenvalue weighted by atomic mass is 32.2. The van der Waals surface area contributed by atoms with Crippen molar-refractivity contribution in [2.45, 2.75) is 16.4 Å². The Balaban J connectivity index is 1.72. The molecule has 29 heavy (non-hydrogen) atoms. The lowest BCUT2D eigenvalue weighted by Gasteiger charge is -2.10. The summed E-state index contributed by atoms with van der Waals surface area (Å²) < 4.78 is 10.1. The summed E-state index contributed by atoms with van der Waals surface area (Å²) in [5, 5.41) is 9.27. The maximum atomic E-state index is 12.6. The van der Waals surface area contributed by atoms with Crippen LogP contribution in [0.2, 0.25) is 0 Å². The van der Waals surface area contributed by atoms with Gasteiger partial charge in [0.15, 0.2) is 0 Å². The van der Waals surface area contributed by atoms with Crippen LogP contribution >= 0.6 is 11.8 Å². The van der Waals surface area contributed by atoms with Gasteiger partial charge in [0.2, 0.25) is 0 Å². The van der Waals surface area contributed by atoms with Gasteiger partial charge in [-0.2, -0.15) is 5.26 Å². The molecule has 0 aliphatic heterocycles. The Labute approximate surface area is 172 Å². The molecule has 0 radical (unpaired) electrons. The van der Waals surface area contributed by atoms with Crippen LogP contribution in [0.5, 0.6) is 0 Å². The van der Waals surface area contributed by atoms with E-state index in [4.69, 9.17) is 4.74 Å². The molecule has 0 saturated heterocycles. The second-order valence-electron chi connectivity index (χ2n) is 5.97. The predicted octanol–water partition coefficient (Wildman–Crippen LogP) is 4.85. The summed E-state index contributed by atoms with van der Waals surface area (Å²) >= 11 is 1.35. The van der Waals surface area contributed by atoms with Gasteiger partial charge in [-0.1, -0.05) is 48.2 Å². The molecule has 0 aliphatic rings. The van der Waals surface area contributed by atoms with E-state index >= 15 is 0 Å². The Morgan fingerprint density at radius 2 is 1.55 bits per heavy atom. The van der Waals surface area contributed by atoms with Crippen LogP contribution in [0.15, 0.2) is 82.6 Å².